The molecule has 4 heteroatoms. The number of benzene rings is 6. The number of Topliss-reactive ketones (excluding diaryl/α,β-unsaturated/α-hetero) is 2. The third kappa shape index (κ3) is 3.95. The van der Waals surface area contributed by atoms with Gasteiger partial charge in [-0.15, -0.1) is 0 Å². The number of hydrogen-bond donors (Lipinski definition) is 0. The van der Waals surface area contributed by atoms with Crippen LogP contribution in [0.1, 0.15) is 51.3 Å². The minimum absolute atomic E-state index is 0.203. The van der Waals surface area contributed by atoms with E-state index in [2.05, 4.69) is 97.4 Å². The molecule has 0 spiro atoms. The first-order chi connectivity index (χ1) is 21.3. The molecule has 1 heterocycles. The molecule has 1 aliphatic heterocycles. The number of anilines is 3. The Morgan fingerprint density at radius 1 is 0.659 bits per heavy atom. The quantitative estimate of drug-likeness (QED) is 0.111. The van der Waals surface area contributed by atoms with Crippen molar-refractivity contribution >= 4 is 75.7 Å². The van der Waals surface area contributed by atoms with Crippen LogP contribution in [0.15, 0.2) is 121 Å². The summed E-state index contributed by atoms with van der Waals surface area (Å²) in [7, 11) is 0. The summed E-state index contributed by atoms with van der Waals surface area (Å²) >= 11 is 0.401. The van der Waals surface area contributed by atoms with E-state index in [0.717, 1.165) is 21.7 Å². The molecular weight excluding hydrogens is 605 g/mol. The number of hydrogen-bond acceptors (Lipinski definition) is 3. The van der Waals surface area contributed by atoms with E-state index in [9.17, 15) is 9.59 Å². The monoisotopic (exact) mass is 635 g/mol. The fraction of sp³-hybridized carbons (Fsp3) is 0.100. The van der Waals surface area contributed by atoms with Crippen molar-refractivity contribution in [3.63, 3.8) is 0 Å². The molecule has 0 N–H and O–H groups in total. The van der Waals surface area contributed by atoms with Gasteiger partial charge in [0.2, 0.25) is 0 Å². The molecule has 6 aromatic carbocycles. The minimum atomic E-state index is -0.241. The number of nitrogens with zero attached hydrogens (tertiary/aromatic N) is 1. The average Bonchev–Trinajstić information content (AvgIpc) is 3.27. The van der Waals surface area contributed by atoms with Gasteiger partial charge < -0.3 is 0 Å². The molecule has 0 unspecified atom stereocenters. The van der Waals surface area contributed by atoms with Crippen molar-refractivity contribution in [1.82, 2.24) is 0 Å². The predicted octanol–water partition coefficient (Wildman–Crippen LogP) is 8.94. The maximum atomic E-state index is 13.4. The normalized spacial score (nSPS) is 15.0. The summed E-state index contributed by atoms with van der Waals surface area (Å²) in [5, 5.41) is 4.18. The summed E-state index contributed by atoms with van der Waals surface area (Å²) in [6, 6.07) is 39.8. The number of fused-ring (bicyclic) bond motifs is 6. The molecular formula is C40H29NO2Se. The summed E-state index contributed by atoms with van der Waals surface area (Å²) in [5.41, 5.74) is 7.91. The molecule has 3 nitrogen and oxygen atoms in total. The van der Waals surface area contributed by atoms with Gasteiger partial charge in [0.25, 0.3) is 0 Å². The second-order valence-corrected chi connectivity index (χ2v) is 13.9. The Bertz CT molecular complexity index is 2190. The Morgan fingerprint density at radius 3 is 2.09 bits per heavy atom. The van der Waals surface area contributed by atoms with Gasteiger partial charge >= 0.3 is 184 Å². The van der Waals surface area contributed by atoms with Crippen molar-refractivity contribution in [3.8, 4) is 0 Å². The summed E-state index contributed by atoms with van der Waals surface area (Å²) in [5.74, 6) is 1.84. The first-order valence-electron chi connectivity index (χ1n) is 14.8. The molecule has 0 radical (unpaired) electrons. The van der Waals surface area contributed by atoms with E-state index >= 15 is 0 Å². The molecule has 0 saturated heterocycles. The number of allylic oxidation sites excluding steroid dienone is 1. The molecule has 6 aromatic rings. The van der Waals surface area contributed by atoms with E-state index in [0.29, 0.717) is 26.1 Å². The van der Waals surface area contributed by atoms with Gasteiger partial charge in [0.05, 0.1) is 0 Å². The fourth-order valence-corrected chi connectivity index (χ4v) is 8.02. The topological polar surface area (TPSA) is 37.4 Å². The Hall–Kier alpha value is -4.76. The van der Waals surface area contributed by atoms with E-state index in [1.54, 1.807) is 6.08 Å². The SMILES string of the molecule is C[Se]c1cccc(N2c3ccccc3C(C)(C)c3c2ccc2cc(C=C4C(=O)c5cc6ccccc6cc5C4=O)ccc32)c1. The van der Waals surface area contributed by atoms with Crippen LogP contribution in [-0.4, -0.2) is 26.5 Å². The van der Waals surface area contributed by atoms with Gasteiger partial charge in [-0.25, -0.2) is 0 Å². The van der Waals surface area contributed by atoms with E-state index in [-0.39, 0.29) is 22.6 Å². The third-order valence-electron chi connectivity index (χ3n) is 9.19. The van der Waals surface area contributed by atoms with E-state index < -0.39 is 0 Å². The van der Waals surface area contributed by atoms with Gasteiger partial charge in [0.15, 0.2) is 11.6 Å². The summed E-state index contributed by atoms with van der Waals surface area (Å²) in [4.78, 5) is 29.3. The van der Waals surface area contributed by atoms with Gasteiger partial charge in [-0.1, -0.05) is 24.3 Å². The van der Waals surface area contributed by atoms with Gasteiger partial charge in [0, 0.05) is 11.1 Å². The number of ketones is 2. The van der Waals surface area contributed by atoms with Crippen LogP contribution in [0.5, 0.6) is 0 Å². The standard InChI is InChI=1S/C40H29NO2Se/c1-40(2)34-13-6-7-14-35(34)41(28-11-8-12-29(23-28)44-3)36-18-16-27-19-24(15-17-30(27)37(36)40)20-33-38(42)31-21-25-9-4-5-10-26(25)22-32(31)39(33)43/h4-23H,1-3H3. The van der Waals surface area contributed by atoms with Crippen LogP contribution >= 0.6 is 0 Å². The zero-order valence-electron chi connectivity index (χ0n) is 24.7. The molecule has 0 atom stereocenters. The number of rotatable bonds is 3. The van der Waals surface area contributed by atoms with Gasteiger partial charge in [-0.05, 0) is 22.9 Å². The Labute approximate surface area is 263 Å². The first-order valence-corrected chi connectivity index (χ1v) is 17.4. The second kappa shape index (κ2) is 9.89. The van der Waals surface area contributed by atoms with Crippen LogP contribution in [-0.2, 0) is 5.41 Å². The van der Waals surface area contributed by atoms with Crippen molar-refractivity contribution < 1.29 is 9.59 Å². The Balaban J connectivity index is 1.27. The maximum absolute atomic E-state index is 13.4. The molecule has 1 aliphatic carbocycles. The molecule has 212 valence electrons. The van der Waals surface area contributed by atoms with Gasteiger partial charge in [-0.3, -0.25) is 9.59 Å². The van der Waals surface area contributed by atoms with Crippen LogP contribution in [0, 0.1) is 0 Å². The average molecular weight is 635 g/mol. The van der Waals surface area contributed by atoms with Crippen LogP contribution in [0.25, 0.3) is 27.6 Å². The second-order valence-electron chi connectivity index (χ2n) is 12.1. The number of carbonyl (C=O) groups is 2. The molecule has 0 amide bonds. The third-order valence-corrected chi connectivity index (χ3v) is 10.7. The van der Waals surface area contributed by atoms with Crippen molar-refractivity contribution in [2.24, 2.45) is 0 Å². The zero-order valence-corrected chi connectivity index (χ0v) is 26.4. The molecule has 8 rings (SSSR count). The van der Waals surface area contributed by atoms with Crippen LogP contribution in [0.2, 0.25) is 5.82 Å². The fourth-order valence-electron chi connectivity index (χ4n) is 7.07. The van der Waals surface area contributed by atoms with E-state index in [4.69, 9.17) is 0 Å². The summed E-state index contributed by atoms with van der Waals surface area (Å²) < 4.78 is 1.36. The van der Waals surface area contributed by atoms with Crippen molar-refractivity contribution in [2.75, 3.05) is 4.90 Å². The number of carbonyl (C=O) groups excluding carboxylic acids is 2. The summed E-state index contributed by atoms with van der Waals surface area (Å²) in [6.07, 6.45) is 1.76. The van der Waals surface area contributed by atoms with Gasteiger partial charge in [0.1, 0.15) is 0 Å². The van der Waals surface area contributed by atoms with Crippen LogP contribution < -0.4 is 9.36 Å². The molecule has 0 saturated carbocycles. The van der Waals surface area contributed by atoms with E-state index in [1.165, 1.54) is 38.0 Å². The van der Waals surface area contributed by atoms with E-state index in [1.807, 2.05) is 42.5 Å². The Kier molecular flexibility index (Phi) is 6.03. The Morgan fingerprint density at radius 2 is 1.36 bits per heavy atom. The molecule has 0 fully saturated rings. The predicted molar refractivity (Wildman–Crippen MR) is 183 cm³/mol. The van der Waals surface area contributed by atoms with Crippen molar-refractivity contribution in [1.29, 1.82) is 0 Å². The van der Waals surface area contributed by atoms with Crippen LogP contribution in [0.3, 0.4) is 0 Å². The van der Waals surface area contributed by atoms with Crippen molar-refractivity contribution in [3.05, 3.63) is 149 Å². The molecule has 0 bridgehead atoms. The number of para-hydroxylation sites is 1. The molecule has 2 aliphatic rings. The van der Waals surface area contributed by atoms with Crippen molar-refractivity contribution in [2.45, 2.75) is 25.1 Å². The molecule has 0 aromatic heterocycles. The van der Waals surface area contributed by atoms with Crippen LogP contribution in [0.4, 0.5) is 17.1 Å². The first kappa shape index (κ1) is 26.8. The van der Waals surface area contributed by atoms with Gasteiger partial charge in [-0.2, -0.15) is 0 Å². The summed E-state index contributed by atoms with van der Waals surface area (Å²) in [6.45, 7) is 4.61. The zero-order chi connectivity index (χ0) is 30.2. The molecule has 44 heavy (non-hydrogen) atoms.